The third-order valence-corrected chi connectivity index (χ3v) is 9.92. The fourth-order valence-corrected chi connectivity index (χ4v) is 6.07. The van der Waals surface area contributed by atoms with E-state index in [1.54, 1.807) is 36.5 Å². The molecule has 0 spiro atoms. The van der Waals surface area contributed by atoms with Crippen LogP contribution in [0.5, 0.6) is 0 Å². The van der Waals surface area contributed by atoms with Gasteiger partial charge in [0.25, 0.3) is 7.82 Å². The molecule has 0 aromatic rings. The fourth-order valence-electron chi connectivity index (χ4n) is 5.34. The Balaban J connectivity index is 4.67. The molecule has 352 valence electrons. The molecule has 4 atom stereocenters. The van der Waals surface area contributed by atoms with Gasteiger partial charge in [-0.25, -0.2) is 0 Å². The number of quaternary nitrogens is 1. The van der Waals surface area contributed by atoms with Gasteiger partial charge in [0.05, 0.1) is 40.0 Å². The first-order chi connectivity index (χ1) is 29.8. The molecule has 12 heteroatoms. The van der Waals surface area contributed by atoms with Crippen LogP contribution in [0.4, 0.5) is 0 Å². The molecular formula is C50H82NO10P. The molecule has 0 aliphatic heterocycles. The largest absolute Gasteiger partial charge is 0.756 e. The lowest BCUT2D eigenvalue weighted by atomic mass is 10.1. The van der Waals surface area contributed by atoms with Crippen LogP contribution < -0.4 is 4.89 Å². The van der Waals surface area contributed by atoms with E-state index in [9.17, 15) is 29.3 Å². The second-order valence-corrected chi connectivity index (χ2v) is 17.5. The van der Waals surface area contributed by atoms with Crippen LogP contribution in [0.1, 0.15) is 129 Å². The monoisotopic (exact) mass is 888 g/mol. The van der Waals surface area contributed by atoms with Gasteiger partial charge in [0.1, 0.15) is 19.8 Å². The quantitative estimate of drug-likeness (QED) is 0.0152. The Morgan fingerprint density at radius 1 is 0.613 bits per heavy atom. The number of phosphoric ester groups is 1. The number of allylic oxidation sites excluding steroid dienone is 14. The summed E-state index contributed by atoms with van der Waals surface area (Å²) in [6.45, 7) is 3.74. The number of aliphatic hydroxyl groups is 2. The first-order valence-corrected chi connectivity index (χ1v) is 24.3. The molecular weight excluding hydrogens is 806 g/mol. The van der Waals surface area contributed by atoms with Crippen molar-refractivity contribution in [2.75, 3.05) is 47.5 Å². The summed E-state index contributed by atoms with van der Waals surface area (Å²) in [5.74, 6) is -1.08. The zero-order valence-electron chi connectivity index (χ0n) is 38.7. The van der Waals surface area contributed by atoms with E-state index in [1.165, 1.54) is 38.5 Å². The van der Waals surface area contributed by atoms with E-state index in [1.807, 2.05) is 70.6 Å². The molecule has 11 nitrogen and oxygen atoms in total. The number of unbranched alkanes of at least 4 members (excludes halogenated alkanes) is 7. The van der Waals surface area contributed by atoms with Crippen molar-refractivity contribution in [2.24, 2.45) is 0 Å². The zero-order chi connectivity index (χ0) is 46.0. The van der Waals surface area contributed by atoms with E-state index in [4.69, 9.17) is 18.5 Å². The predicted octanol–water partition coefficient (Wildman–Crippen LogP) is 10.4. The Morgan fingerprint density at radius 3 is 1.74 bits per heavy atom. The number of rotatable bonds is 39. The predicted molar refractivity (Wildman–Crippen MR) is 252 cm³/mol. The van der Waals surface area contributed by atoms with E-state index in [2.05, 4.69) is 37.3 Å². The van der Waals surface area contributed by atoms with Crippen molar-refractivity contribution in [3.05, 3.63) is 109 Å². The summed E-state index contributed by atoms with van der Waals surface area (Å²) in [7, 11) is 1.01. The first kappa shape index (κ1) is 58.6. The lowest BCUT2D eigenvalue weighted by Gasteiger charge is -2.28. The number of nitrogens with zero attached hydrogens (tertiary/aromatic N) is 1. The van der Waals surface area contributed by atoms with Crippen molar-refractivity contribution >= 4 is 19.8 Å². The standard InChI is InChI=1S/C50H82NO10P/c1-6-8-10-11-12-13-14-15-16-17-18-19-20-21-22-27-35-41-50(55)61-48(45-60-62(56,57)59-43-42-51(3,4)5)44-58-49(54)40-34-26-24-23-25-31-37-47(53)39-33-29-28-32-38-46(52)36-30-9-7-2/h9,15-16,18-19,21-22,24-26,28-33,38-39,46-48,52-53H,6-8,10-14,17,20,23,27,34-37,40-45H2,1-5H3/b16-15-,19-18-,22-21-,26-24-,29-28-,30-9-,31-25-,38-32+,39-33+/t46-,47+,48-/m1/s1. The Hall–Kier alpha value is -3.41. The molecule has 1 unspecified atom stereocenters. The summed E-state index contributed by atoms with van der Waals surface area (Å²) >= 11 is 0. The van der Waals surface area contributed by atoms with Crippen LogP contribution in [0.25, 0.3) is 0 Å². The van der Waals surface area contributed by atoms with Gasteiger partial charge in [0.15, 0.2) is 6.10 Å². The van der Waals surface area contributed by atoms with Gasteiger partial charge in [-0.2, -0.15) is 0 Å². The van der Waals surface area contributed by atoms with Gasteiger partial charge in [-0.05, 0) is 70.6 Å². The van der Waals surface area contributed by atoms with E-state index >= 15 is 0 Å². The minimum absolute atomic E-state index is 0.0758. The summed E-state index contributed by atoms with van der Waals surface area (Å²) in [5, 5.41) is 20.0. The van der Waals surface area contributed by atoms with Crippen molar-refractivity contribution in [1.82, 2.24) is 0 Å². The summed E-state index contributed by atoms with van der Waals surface area (Å²) < 4.78 is 33.7. The SMILES string of the molecule is CC/C=C\C[C@@H](O)/C=C/C=C\C=C\[C@@H](O)C/C=C\C/C=C\CCC(=O)OC[C@H](COP(=O)([O-])OCC[N+](C)(C)C)OC(=O)CCC/C=C\C/C=C\C/C=C\CCCCCCCC. The molecule has 0 aliphatic carbocycles. The Morgan fingerprint density at radius 2 is 1.15 bits per heavy atom. The van der Waals surface area contributed by atoms with Crippen molar-refractivity contribution in [3.63, 3.8) is 0 Å². The molecule has 0 saturated heterocycles. The summed E-state index contributed by atoms with van der Waals surface area (Å²) in [6, 6.07) is 0. The maximum atomic E-state index is 12.7. The Bertz CT molecular complexity index is 1450. The van der Waals surface area contributed by atoms with Gasteiger partial charge in [0.2, 0.25) is 0 Å². The number of esters is 2. The van der Waals surface area contributed by atoms with Gasteiger partial charge >= 0.3 is 11.9 Å². The van der Waals surface area contributed by atoms with E-state index in [0.29, 0.717) is 49.6 Å². The topological polar surface area (TPSA) is 152 Å². The Labute approximate surface area is 375 Å². The highest BCUT2D eigenvalue weighted by Gasteiger charge is 2.21. The summed E-state index contributed by atoms with van der Waals surface area (Å²) in [4.78, 5) is 37.5. The molecule has 0 aromatic heterocycles. The molecule has 0 amide bonds. The van der Waals surface area contributed by atoms with Gasteiger partial charge in [-0.15, -0.1) is 0 Å². The number of hydrogen-bond acceptors (Lipinski definition) is 10. The van der Waals surface area contributed by atoms with E-state index < -0.39 is 44.7 Å². The van der Waals surface area contributed by atoms with Crippen LogP contribution in [0, 0.1) is 0 Å². The summed E-state index contributed by atoms with van der Waals surface area (Å²) in [5.41, 5.74) is 0. The smallest absolute Gasteiger partial charge is 0.306 e. The van der Waals surface area contributed by atoms with Crippen molar-refractivity contribution in [1.29, 1.82) is 0 Å². The minimum Gasteiger partial charge on any atom is -0.756 e. The maximum Gasteiger partial charge on any atom is 0.306 e. The van der Waals surface area contributed by atoms with Crippen LogP contribution in [-0.4, -0.2) is 92.5 Å². The number of hydrogen-bond donors (Lipinski definition) is 2. The molecule has 0 aliphatic rings. The zero-order valence-corrected chi connectivity index (χ0v) is 39.6. The third-order valence-electron chi connectivity index (χ3n) is 8.96. The van der Waals surface area contributed by atoms with Gasteiger partial charge in [-0.3, -0.25) is 14.2 Å². The molecule has 2 N–H and O–H groups in total. The van der Waals surface area contributed by atoms with Crippen LogP contribution in [0.2, 0.25) is 0 Å². The van der Waals surface area contributed by atoms with Crippen LogP contribution in [-0.2, 0) is 32.7 Å². The molecule has 0 saturated carbocycles. The second-order valence-electron chi connectivity index (χ2n) is 16.1. The molecule has 0 rings (SSSR count). The number of ether oxygens (including phenoxy) is 2. The number of aliphatic hydroxyl groups excluding tert-OH is 2. The highest BCUT2D eigenvalue weighted by molar-refractivity contribution is 7.45. The normalized spacial score (nSPS) is 15.5. The second kappa shape index (κ2) is 40.4. The third kappa shape index (κ3) is 43.2. The highest BCUT2D eigenvalue weighted by atomic mass is 31.2. The van der Waals surface area contributed by atoms with E-state index in [0.717, 1.165) is 25.7 Å². The van der Waals surface area contributed by atoms with Gasteiger partial charge in [0, 0.05) is 12.8 Å². The fraction of sp³-hybridized carbons (Fsp3) is 0.600. The number of carbonyl (C=O) groups excluding carboxylic acids is 2. The molecule has 0 fully saturated rings. The van der Waals surface area contributed by atoms with Gasteiger partial charge < -0.3 is 38.1 Å². The number of phosphoric acid groups is 1. The minimum atomic E-state index is -4.69. The summed E-state index contributed by atoms with van der Waals surface area (Å²) in [6.07, 6.45) is 47.8. The van der Waals surface area contributed by atoms with Crippen LogP contribution in [0.3, 0.4) is 0 Å². The highest BCUT2D eigenvalue weighted by Crippen LogP contribution is 2.38. The molecule has 62 heavy (non-hydrogen) atoms. The van der Waals surface area contributed by atoms with Crippen molar-refractivity contribution < 1.29 is 52.3 Å². The average molecular weight is 888 g/mol. The van der Waals surface area contributed by atoms with Gasteiger partial charge in [-0.1, -0.05) is 155 Å². The van der Waals surface area contributed by atoms with Crippen molar-refractivity contribution in [3.8, 4) is 0 Å². The van der Waals surface area contributed by atoms with Crippen LogP contribution >= 0.6 is 7.82 Å². The van der Waals surface area contributed by atoms with Crippen molar-refractivity contribution in [2.45, 2.75) is 148 Å². The number of likely N-dealkylation sites (N-methyl/N-ethyl adjacent to an activating group) is 1. The average Bonchev–Trinajstić information content (AvgIpc) is 3.21. The first-order valence-electron chi connectivity index (χ1n) is 22.8. The number of carbonyl (C=O) groups is 2. The molecule has 0 heterocycles. The lowest BCUT2D eigenvalue weighted by Crippen LogP contribution is -2.37. The van der Waals surface area contributed by atoms with E-state index in [-0.39, 0.29) is 26.1 Å². The lowest BCUT2D eigenvalue weighted by molar-refractivity contribution is -0.870. The van der Waals surface area contributed by atoms with Crippen LogP contribution in [0.15, 0.2) is 109 Å². The Kier molecular flexibility index (Phi) is 38.1. The maximum absolute atomic E-state index is 12.7. The molecule has 0 radical (unpaired) electrons. The molecule has 0 bridgehead atoms. The molecule has 0 aromatic carbocycles.